The van der Waals surface area contributed by atoms with E-state index in [0.29, 0.717) is 11.6 Å². The Morgan fingerprint density at radius 3 is 3.05 bits per heavy atom. The van der Waals surface area contributed by atoms with Crippen LogP contribution in [0.5, 0.6) is 0 Å². The van der Waals surface area contributed by atoms with Gasteiger partial charge >= 0.3 is 0 Å². The molecule has 3 rings (SSSR count). The van der Waals surface area contributed by atoms with Crippen LogP contribution >= 0.6 is 0 Å². The number of hydrogen-bond acceptors (Lipinski definition) is 4. The van der Waals surface area contributed by atoms with Gasteiger partial charge in [0.05, 0.1) is 5.56 Å². The number of piperazine rings is 1. The average Bonchev–Trinajstić information content (AvgIpc) is 2.53. The molecule has 1 aromatic rings. The van der Waals surface area contributed by atoms with Crippen LogP contribution in [0.1, 0.15) is 36.5 Å². The third kappa shape index (κ3) is 2.75. The van der Waals surface area contributed by atoms with Gasteiger partial charge in [-0.2, -0.15) is 0 Å². The van der Waals surface area contributed by atoms with E-state index >= 15 is 0 Å². The molecule has 0 aromatic carbocycles. The fourth-order valence-corrected chi connectivity index (χ4v) is 3.57. The minimum Gasteiger partial charge on any atom is -0.387 e. The maximum Gasteiger partial charge on any atom is 0.257 e. The minimum absolute atomic E-state index is 0.102. The number of nitrogens with zero attached hydrogens (tertiary/aromatic N) is 3. The molecule has 1 amide bonds. The Morgan fingerprint density at radius 2 is 2.24 bits per heavy atom. The lowest BCUT2D eigenvalue weighted by atomic mass is 9.96. The van der Waals surface area contributed by atoms with Crippen LogP contribution in [0, 0.1) is 0 Å². The molecule has 5 nitrogen and oxygen atoms in total. The molecule has 21 heavy (non-hydrogen) atoms. The van der Waals surface area contributed by atoms with Crippen molar-refractivity contribution < 1.29 is 4.79 Å². The smallest absolute Gasteiger partial charge is 0.257 e. The Balaban J connectivity index is 1.80. The summed E-state index contributed by atoms with van der Waals surface area (Å²) in [6.07, 6.45) is 7.18. The van der Waals surface area contributed by atoms with Crippen LogP contribution in [0.2, 0.25) is 0 Å². The lowest BCUT2D eigenvalue weighted by molar-refractivity contribution is 0.0152. The summed E-state index contributed by atoms with van der Waals surface area (Å²) in [6.45, 7) is 5.17. The number of amides is 1. The normalized spacial score (nSPS) is 26.3. The van der Waals surface area contributed by atoms with Gasteiger partial charge in [-0.05, 0) is 32.4 Å². The van der Waals surface area contributed by atoms with Gasteiger partial charge in [-0.15, -0.1) is 0 Å². The van der Waals surface area contributed by atoms with Crippen LogP contribution in [0.25, 0.3) is 0 Å². The maximum atomic E-state index is 12.9. The summed E-state index contributed by atoms with van der Waals surface area (Å²) in [5, 5.41) is 3.09. The van der Waals surface area contributed by atoms with Gasteiger partial charge in [0, 0.05) is 50.3 Å². The highest BCUT2D eigenvalue weighted by Crippen LogP contribution is 2.26. The van der Waals surface area contributed by atoms with Crippen LogP contribution in [-0.4, -0.2) is 59.5 Å². The highest BCUT2D eigenvalue weighted by molar-refractivity contribution is 5.99. The number of carbonyl (C=O) groups excluding carboxylic acids is 1. The predicted octanol–water partition coefficient (Wildman–Crippen LogP) is 1.82. The summed E-state index contributed by atoms with van der Waals surface area (Å²) in [5.41, 5.74) is 1.53. The monoisotopic (exact) mass is 288 g/mol. The molecule has 2 unspecified atom stereocenters. The van der Waals surface area contributed by atoms with Crippen molar-refractivity contribution in [3.8, 4) is 0 Å². The van der Waals surface area contributed by atoms with Crippen LogP contribution in [0.15, 0.2) is 18.5 Å². The Kier molecular flexibility index (Phi) is 4.10. The Morgan fingerprint density at radius 1 is 1.38 bits per heavy atom. The fraction of sp³-hybridized carbons (Fsp3) is 0.625. The van der Waals surface area contributed by atoms with Crippen molar-refractivity contribution in [2.75, 3.05) is 32.0 Å². The zero-order valence-corrected chi connectivity index (χ0v) is 12.9. The summed E-state index contributed by atoms with van der Waals surface area (Å²) in [5.74, 6) is 0.102. The molecule has 0 bridgehead atoms. The lowest BCUT2D eigenvalue weighted by Gasteiger charge is -2.47. The molecule has 2 aliphatic heterocycles. The number of anilines is 1. The predicted molar refractivity (Wildman–Crippen MR) is 83.5 cm³/mol. The molecule has 2 saturated heterocycles. The van der Waals surface area contributed by atoms with Gasteiger partial charge in [0.25, 0.3) is 5.91 Å². The van der Waals surface area contributed by atoms with Crippen LogP contribution in [0.3, 0.4) is 0 Å². The molecule has 1 aromatic heterocycles. The van der Waals surface area contributed by atoms with E-state index in [9.17, 15) is 4.79 Å². The Bertz CT molecular complexity index is 519. The van der Waals surface area contributed by atoms with Gasteiger partial charge in [-0.25, -0.2) is 0 Å². The molecule has 0 radical (unpaired) electrons. The SMILES string of the molecule is CNc1ccncc1C(=O)N1CC2CCCCN2CC1C. The van der Waals surface area contributed by atoms with Gasteiger partial charge in [0.1, 0.15) is 0 Å². The zero-order chi connectivity index (χ0) is 14.8. The molecule has 0 aliphatic carbocycles. The number of pyridine rings is 1. The van der Waals surface area contributed by atoms with Crippen LogP contribution in [-0.2, 0) is 0 Å². The number of hydrogen-bond donors (Lipinski definition) is 1. The summed E-state index contributed by atoms with van der Waals surface area (Å²) in [7, 11) is 1.84. The van der Waals surface area contributed by atoms with Gasteiger partial charge in [-0.3, -0.25) is 14.7 Å². The van der Waals surface area contributed by atoms with Crippen molar-refractivity contribution in [3.05, 3.63) is 24.0 Å². The van der Waals surface area contributed by atoms with E-state index in [2.05, 4.69) is 22.1 Å². The first-order valence-corrected chi connectivity index (χ1v) is 7.87. The number of nitrogens with one attached hydrogen (secondary N) is 1. The van der Waals surface area contributed by atoms with Crippen molar-refractivity contribution in [1.82, 2.24) is 14.8 Å². The third-order valence-electron chi connectivity index (χ3n) is 4.77. The third-order valence-corrected chi connectivity index (χ3v) is 4.77. The minimum atomic E-state index is 0.102. The fourth-order valence-electron chi connectivity index (χ4n) is 3.57. The van der Waals surface area contributed by atoms with Gasteiger partial charge in [0.15, 0.2) is 0 Å². The van der Waals surface area contributed by atoms with Crippen LogP contribution < -0.4 is 5.32 Å². The second kappa shape index (κ2) is 6.02. The van der Waals surface area contributed by atoms with Crippen molar-refractivity contribution in [3.63, 3.8) is 0 Å². The van der Waals surface area contributed by atoms with Gasteiger partial charge in [-0.1, -0.05) is 6.42 Å². The van der Waals surface area contributed by atoms with Crippen molar-refractivity contribution in [2.24, 2.45) is 0 Å². The number of aromatic nitrogens is 1. The first-order chi connectivity index (χ1) is 10.2. The molecule has 1 N–H and O–H groups in total. The van der Waals surface area contributed by atoms with E-state index in [1.807, 2.05) is 18.0 Å². The van der Waals surface area contributed by atoms with E-state index in [1.54, 1.807) is 12.4 Å². The summed E-state index contributed by atoms with van der Waals surface area (Å²) < 4.78 is 0. The highest BCUT2D eigenvalue weighted by atomic mass is 16.2. The lowest BCUT2D eigenvalue weighted by Crippen LogP contribution is -2.60. The maximum absolute atomic E-state index is 12.9. The average molecular weight is 288 g/mol. The zero-order valence-electron chi connectivity index (χ0n) is 12.9. The molecule has 2 fully saturated rings. The molecule has 2 aliphatic rings. The van der Waals surface area contributed by atoms with Gasteiger partial charge < -0.3 is 10.2 Å². The molecule has 3 heterocycles. The number of rotatable bonds is 2. The van der Waals surface area contributed by atoms with E-state index in [1.165, 1.54) is 25.8 Å². The Labute approximate surface area is 126 Å². The molecule has 2 atom stereocenters. The highest BCUT2D eigenvalue weighted by Gasteiger charge is 2.35. The van der Waals surface area contributed by atoms with E-state index in [-0.39, 0.29) is 11.9 Å². The van der Waals surface area contributed by atoms with E-state index in [0.717, 1.165) is 18.8 Å². The van der Waals surface area contributed by atoms with E-state index < -0.39 is 0 Å². The van der Waals surface area contributed by atoms with Crippen molar-refractivity contribution >= 4 is 11.6 Å². The van der Waals surface area contributed by atoms with E-state index in [4.69, 9.17) is 0 Å². The number of fused-ring (bicyclic) bond motifs is 1. The van der Waals surface area contributed by atoms with Crippen molar-refractivity contribution in [2.45, 2.75) is 38.3 Å². The number of piperidine rings is 1. The summed E-state index contributed by atoms with van der Waals surface area (Å²) in [4.78, 5) is 21.6. The topological polar surface area (TPSA) is 48.5 Å². The summed E-state index contributed by atoms with van der Waals surface area (Å²) >= 11 is 0. The quantitative estimate of drug-likeness (QED) is 0.902. The van der Waals surface area contributed by atoms with Gasteiger partial charge in [0.2, 0.25) is 0 Å². The van der Waals surface area contributed by atoms with Crippen LogP contribution in [0.4, 0.5) is 5.69 Å². The Hall–Kier alpha value is -1.62. The first kappa shape index (κ1) is 14.3. The standard InChI is InChI=1S/C16H24N4O/c1-12-10-19-8-4-3-5-13(19)11-20(12)16(21)14-9-18-7-6-15(14)17-2/h6-7,9,12-13H,3-5,8,10-11H2,1-2H3,(H,17,18). The molecule has 114 valence electrons. The largest absolute Gasteiger partial charge is 0.387 e. The second-order valence-electron chi connectivity index (χ2n) is 6.12. The molecular formula is C16H24N4O. The second-order valence-corrected chi connectivity index (χ2v) is 6.12. The molecule has 5 heteroatoms. The van der Waals surface area contributed by atoms with Crippen molar-refractivity contribution in [1.29, 1.82) is 0 Å². The molecule has 0 saturated carbocycles. The first-order valence-electron chi connectivity index (χ1n) is 7.87. The molecular weight excluding hydrogens is 264 g/mol. The summed E-state index contributed by atoms with van der Waals surface area (Å²) in [6, 6.07) is 2.65. The molecule has 0 spiro atoms. The number of carbonyl (C=O) groups is 1.